The molecule has 2 heteroatoms. The van der Waals surface area contributed by atoms with Crippen LogP contribution in [0.5, 0.6) is 0 Å². The van der Waals surface area contributed by atoms with Crippen molar-refractivity contribution in [2.24, 2.45) is 0 Å². The van der Waals surface area contributed by atoms with E-state index in [1.54, 1.807) is 0 Å². The number of hydrogen-bond donors (Lipinski definition) is 0. The topological polar surface area (TPSA) is 20.1 Å². The Kier molecular flexibility index (Phi) is 2.53. The third kappa shape index (κ3) is 2.13. The van der Waals surface area contributed by atoms with Crippen LogP contribution in [0.2, 0.25) is 0 Å². The molecule has 1 atom stereocenters. The van der Waals surface area contributed by atoms with Crippen LogP contribution in [0, 0.1) is 0 Å². The molecule has 1 aromatic carbocycles. The summed E-state index contributed by atoms with van der Waals surface area (Å²) in [5.74, 6) is 0.293. The van der Waals surface area contributed by atoms with Gasteiger partial charge in [0.1, 0.15) is 0 Å². The van der Waals surface area contributed by atoms with Crippen molar-refractivity contribution in [3.8, 4) is 0 Å². The predicted molar refractivity (Wildman–Crippen MR) is 55.9 cm³/mol. The summed E-state index contributed by atoms with van der Waals surface area (Å²) in [6.45, 7) is 3.04. The first-order chi connectivity index (χ1) is 6.77. The van der Waals surface area contributed by atoms with Crippen molar-refractivity contribution in [3.63, 3.8) is 0 Å². The van der Waals surface area contributed by atoms with Gasteiger partial charge < -0.3 is 4.90 Å². The molecule has 74 valence electrons. The van der Waals surface area contributed by atoms with Gasteiger partial charge in [0.2, 0.25) is 5.91 Å². The molecule has 0 aliphatic carbocycles. The highest BCUT2D eigenvalue weighted by Crippen LogP contribution is 2.18. The first-order valence-electron chi connectivity index (χ1n) is 5.11. The number of hydrogen-bond acceptors (Lipinski definition) is 1. The molecule has 0 aromatic heterocycles. The van der Waals surface area contributed by atoms with Crippen molar-refractivity contribution < 1.29 is 4.79 Å². The number of nitrogens with zero attached hydrogens (tertiary/aromatic N) is 1. The molecule has 1 aromatic rings. The molecule has 0 bridgehead atoms. The Morgan fingerprint density at radius 2 is 2.07 bits per heavy atom. The van der Waals surface area contributed by atoms with Gasteiger partial charge >= 0.3 is 0 Å². The third-order valence-electron chi connectivity index (χ3n) is 2.65. The van der Waals surface area contributed by atoms with Gasteiger partial charge in [0.25, 0.3) is 0 Å². The molecule has 0 saturated carbocycles. The molecule has 1 heterocycles. The second kappa shape index (κ2) is 3.82. The molecule has 1 saturated heterocycles. The number of aryl methyl sites for hydroxylation is 1. The van der Waals surface area contributed by atoms with Gasteiger partial charge in [-0.2, -0.15) is 0 Å². The van der Waals surface area contributed by atoms with Crippen LogP contribution in [0.1, 0.15) is 18.9 Å². The van der Waals surface area contributed by atoms with Crippen molar-refractivity contribution in [3.05, 3.63) is 35.9 Å². The summed E-state index contributed by atoms with van der Waals surface area (Å²) in [6.07, 6.45) is 1.51. The van der Waals surface area contributed by atoms with E-state index in [-0.39, 0.29) is 0 Å². The van der Waals surface area contributed by atoms with E-state index in [9.17, 15) is 4.79 Å². The molecule has 0 radical (unpaired) electrons. The van der Waals surface area contributed by atoms with Gasteiger partial charge in [-0.05, 0) is 18.9 Å². The second-order valence-electron chi connectivity index (χ2n) is 3.88. The number of carbonyl (C=O) groups is 1. The first kappa shape index (κ1) is 9.25. The molecule has 2 nitrogen and oxygen atoms in total. The average Bonchev–Trinajstić information content (AvgIpc) is 2.94. The van der Waals surface area contributed by atoms with Crippen molar-refractivity contribution in [1.29, 1.82) is 0 Å². The molecule has 0 unspecified atom stereocenters. The monoisotopic (exact) mass is 189 g/mol. The molecule has 1 aliphatic rings. The van der Waals surface area contributed by atoms with Crippen molar-refractivity contribution in [2.75, 3.05) is 6.54 Å². The maximum absolute atomic E-state index is 11.5. The van der Waals surface area contributed by atoms with E-state index in [1.165, 1.54) is 5.56 Å². The highest BCUT2D eigenvalue weighted by Gasteiger charge is 2.33. The molecular formula is C12H15NO. The standard InChI is InChI=1S/C12H15NO/c1-10-9-13(10)12(14)8-7-11-5-3-2-4-6-11/h2-6,10H,7-9H2,1H3/t10-,13?/m1/s1. The fourth-order valence-corrected chi connectivity index (χ4v) is 1.62. The minimum atomic E-state index is 0.293. The van der Waals surface area contributed by atoms with Gasteiger partial charge in [-0.15, -0.1) is 0 Å². The minimum Gasteiger partial charge on any atom is -0.336 e. The number of rotatable bonds is 3. The SMILES string of the molecule is C[C@@H]1CN1C(=O)CCc1ccccc1. The average molecular weight is 189 g/mol. The highest BCUT2D eigenvalue weighted by atomic mass is 16.2. The normalized spacial score (nSPS) is 19.5. The van der Waals surface area contributed by atoms with Gasteiger partial charge in [0.05, 0.1) is 0 Å². The predicted octanol–water partition coefficient (Wildman–Crippen LogP) is 1.85. The maximum atomic E-state index is 11.5. The summed E-state index contributed by atoms with van der Waals surface area (Å²) >= 11 is 0. The Morgan fingerprint density at radius 3 is 2.64 bits per heavy atom. The van der Waals surface area contributed by atoms with Crippen molar-refractivity contribution in [2.45, 2.75) is 25.8 Å². The van der Waals surface area contributed by atoms with Gasteiger partial charge in [-0.3, -0.25) is 4.79 Å². The van der Waals surface area contributed by atoms with Gasteiger partial charge in [0.15, 0.2) is 0 Å². The largest absolute Gasteiger partial charge is 0.336 e. The van der Waals surface area contributed by atoms with Crippen LogP contribution in [0.15, 0.2) is 30.3 Å². The van der Waals surface area contributed by atoms with Crippen LogP contribution in [0.25, 0.3) is 0 Å². The Morgan fingerprint density at radius 1 is 1.43 bits per heavy atom. The van der Waals surface area contributed by atoms with Crippen LogP contribution < -0.4 is 0 Å². The zero-order valence-electron chi connectivity index (χ0n) is 8.44. The van der Waals surface area contributed by atoms with Crippen LogP contribution in [-0.2, 0) is 11.2 Å². The number of benzene rings is 1. The number of amides is 1. The van der Waals surface area contributed by atoms with Crippen LogP contribution >= 0.6 is 0 Å². The lowest BCUT2D eigenvalue weighted by Gasteiger charge is -2.02. The van der Waals surface area contributed by atoms with E-state index >= 15 is 0 Å². The van der Waals surface area contributed by atoms with Crippen molar-refractivity contribution in [1.82, 2.24) is 4.90 Å². The fourth-order valence-electron chi connectivity index (χ4n) is 1.62. The summed E-state index contributed by atoms with van der Waals surface area (Å²) in [6, 6.07) is 10.6. The zero-order valence-corrected chi connectivity index (χ0v) is 8.44. The summed E-state index contributed by atoms with van der Waals surface area (Å²) in [5.41, 5.74) is 1.25. The molecule has 1 fully saturated rings. The van der Waals surface area contributed by atoms with Crippen LogP contribution in [0.3, 0.4) is 0 Å². The lowest BCUT2D eigenvalue weighted by Crippen LogP contribution is -2.12. The molecular weight excluding hydrogens is 174 g/mol. The molecule has 1 amide bonds. The van der Waals surface area contributed by atoms with Gasteiger partial charge in [-0.25, -0.2) is 0 Å². The molecule has 2 rings (SSSR count). The van der Waals surface area contributed by atoms with E-state index < -0.39 is 0 Å². The van der Waals surface area contributed by atoms with Gasteiger partial charge in [-0.1, -0.05) is 30.3 Å². The highest BCUT2D eigenvalue weighted by molar-refractivity contribution is 5.79. The first-order valence-corrected chi connectivity index (χ1v) is 5.11. The summed E-state index contributed by atoms with van der Waals surface area (Å²) in [5, 5.41) is 0. The fraction of sp³-hybridized carbons (Fsp3) is 0.417. The zero-order chi connectivity index (χ0) is 9.97. The molecule has 1 aliphatic heterocycles. The quantitative estimate of drug-likeness (QED) is 0.664. The smallest absolute Gasteiger partial charge is 0.223 e. The lowest BCUT2D eigenvalue weighted by molar-refractivity contribution is -0.126. The summed E-state index contributed by atoms with van der Waals surface area (Å²) < 4.78 is 0. The minimum absolute atomic E-state index is 0.293. The van der Waals surface area contributed by atoms with E-state index in [4.69, 9.17) is 0 Å². The van der Waals surface area contributed by atoms with Crippen LogP contribution in [-0.4, -0.2) is 23.4 Å². The molecule has 0 spiro atoms. The molecule has 14 heavy (non-hydrogen) atoms. The van der Waals surface area contributed by atoms with E-state index in [1.807, 2.05) is 23.1 Å². The Hall–Kier alpha value is -1.31. The summed E-state index contributed by atoms with van der Waals surface area (Å²) in [7, 11) is 0. The van der Waals surface area contributed by atoms with E-state index in [2.05, 4.69) is 19.1 Å². The third-order valence-corrected chi connectivity index (χ3v) is 2.65. The Labute approximate surface area is 84.5 Å². The van der Waals surface area contributed by atoms with Gasteiger partial charge in [0, 0.05) is 19.0 Å². The van der Waals surface area contributed by atoms with E-state index in [0.717, 1.165) is 13.0 Å². The lowest BCUT2D eigenvalue weighted by atomic mass is 10.1. The van der Waals surface area contributed by atoms with E-state index in [0.29, 0.717) is 18.4 Å². The number of carbonyl (C=O) groups excluding carboxylic acids is 1. The second-order valence-corrected chi connectivity index (χ2v) is 3.88. The van der Waals surface area contributed by atoms with Crippen molar-refractivity contribution >= 4 is 5.91 Å². The molecule has 0 N–H and O–H groups in total. The maximum Gasteiger partial charge on any atom is 0.223 e. The Balaban J connectivity index is 1.80. The Bertz CT molecular complexity index is 320. The summed E-state index contributed by atoms with van der Waals surface area (Å²) in [4.78, 5) is 13.4. The van der Waals surface area contributed by atoms with Crippen LogP contribution in [0.4, 0.5) is 0 Å².